The summed E-state index contributed by atoms with van der Waals surface area (Å²) < 4.78 is 1.12. The predicted octanol–water partition coefficient (Wildman–Crippen LogP) is 4.11. The van der Waals surface area contributed by atoms with Crippen LogP contribution in [0.25, 0.3) is 33.3 Å². The second-order valence-electron chi connectivity index (χ2n) is 8.14. The summed E-state index contributed by atoms with van der Waals surface area (Å²) >= 11 is 0. The van der Waals surface area contributed by atoms with Crippen molar-refractivity contribution in [1.29, 1.82) is 5.41 Å². The largest absolute Gasteiger partial charge is 0.351 e. The Balaban J connectivity index is 1.72. The van der Waals surface area contributed by atoms with E-state index in [1.165, 1.54) is 12.6 Å². The third-order valence-electron chi connectivity index (χ3n) is 6.23. The monoisotopic (exact) mass is 409 g/mol. The molecule has 31 heavy (non-hydrogen) atoms. The normalized spacial score (nSPS) is 14.9. The molecular weight excluding hydrogens is 386 g/mol. The lowest BCUT2D eigenvalue weighted by molar-refractivity contribution is 0.249. The van der Waals surface area contributed by atoms with Gasteiger partial charge in [0.1, 0.15) is 5.49 Å². The molecule has 2 aromatic heterocycles. The first kappa shape index (κ1) is 19.2. The second-order valence-corrected chi connectivity index (χ2v) is 8.14. The molecule has 6 nitrogen and oxygen atoms in total. The van der Waals surface area contributed by atoms with Gasteiger partial charge in [-0.1, -0.05) is 54.6 Å². The Morgan fingerprint density at radius 1 is 1.00 bits per heavy atom. The highest BCUT2D eigenvalue weighted by molar-refractivity contribution is 5.92. The summed E-state index contributed by atoms with van der Waals surface area (Å²) in [5, 5.41) is 9.00. The number of primary amides is 1. The van der Waals surface area contributed by atoms with Gasteiger partial charge in [0.15, 0.2) is 0 Å². The van der Waals surface area contributed by atoms with Crippen molar-refractivity contribution in [2.45, 2.75) is 24.8 Å². The Kier molecular flexibility index (Phi) is 4.45. The number of hydrogen-bond donors (Lipinski definition) is 3. The van der Waals surface area contributed by atoms with Crippen LogP contribution in [0.15, 0.2) is 72.9 Å². The maximum Gasteiger partial charge on any atom is 0.324 e. The molecule has 2 aromatic carbocycles. The van der Waals surface area contributed by atoms with Gasteiger partial charge in [-0.15, -0.1) is 0 Å². The van der Waals surface area contributed by atoms with Crippen molar-refractivity contribution in [3.05, 3.63) is 84.0 Å². The smallest absolute Gasteiger partial charge is 0.324 e. The number of aromatic nitrogens is 2. The number of carbonyl (C=O) groups excluding carboxylic acids is 1. The molecule has 4 aromatic rings. The van der Waals surface area contributed by atoms with Crippen LogP contribution in [-0.2, 0) is 5.54 Å². The lowest BCUT2D eigenvalue weighted by atomic mass is 9.72. The number of nitrogens with two attached hydrogens (primary N) is 2. The number of amides is 1. The van der Waals surface area contributed by atoms with Crippen molar-refractivity contribution in [2.75, 3.05) is 0 Å². The summed E-state index contributed by atoms with van der Waals surface area (Å²) in [5.41, 5.74) is 17.2. The quantitative estimate of drug-likeness (QED) is 0.473. The molecule has 0 unspecified atom stereocenters. The lowest BCUT2D eigenvalue weighted by Crippen LogP contribution is -2.43. The van der Waals surface area contributed by atoms with E-state index in [0.29, 0.717) is 10.9 Å². The van der Waals surface area contributed by atoms with E-state index in [2.05, 4.69) is 24.3 Å². The molecule has 154 valence electrons. The van der Waals surface area contributed by atoms with Crippen molar-refractivity contribution in [3.8, 4) is 22.4 Å². The van der Waals surface area contributed by atoms with Gasteiger partial charge in [0.25, 0.3) is 0 Å². The van der Waals surface area contributed by atoms with E-state index in [0.717, 1.165) is 45.4 Å². The third-order valence-corrected chi connectivity index (χ3v) is 6.23. The molecule has 0 spiro atoms. The number of benzene rings is 2. The van der Waals surface area contributed by atoms with Gasteiger partial charge in [-0.3, -0.25) is 9.98 Å². The van der Waals surface area contributed by atoms with Crippen LogP contribution in [0.5, 0.6) is 0 Å². The van der Waals surface area contributed by atoms with E-state index in [1.807, 2.05) is 36.4 Å². The fourth-order valence-electron chi connectivity index (χ4n) is 4.24. The van der Waals surface area contributed by atoms with Crippen molar-refractivity contribution in [2.24, 2.45) is 11.5 Å². The Morgan fingerprint density at radius 2 is 1.71 bits per heavy atom. The highest BCUT2D eigenvalue weighted by Crippen LogP contribution is 2.40. The summed E-state index contributed by atoms with van der Waals surface area (Å²) in [6, 6.07) is 21.2. The number of rotatable bonds is 3. The van der Waals surface area contributed by atoms with Crippen LogP contribution < -0.4 is 17.0 Å². The number of hydrogen-bond acceptors (Lipinski definition) is 4. The van der Waals surface area contributed by atoms with Gasteiger partial charge in [-0.2, -0.15) is 0 Å². The molecule has 1 aliphatic rings. The minimum absolute atomic E-state index is 0.0200. The number of fused-ring (bicyclic) bond motifs is 1. The van der Waals surface area contributed by atoms with Gasteiger partial charge in [0.2, 0.25) is 0 Å². The second kappa shape index (κ2) is 7.18. The predicted molar refractivity (Wildman–Crippen MR) is 121 cm³/mol. The van der Waals surface area contributed by atoms with Crippen molar-refractivity contribution in [3.63, 3.8) is 0 Å². The topological polar surface area (TPSA) is 111 Å². The maximum atomic E-state index is 11.7. The number of nitrogens with zero attached hydrogens (tertiary/aromatic N) is 2. The van der Waals surface area contributed by atoms with Crippen LogP contribution in [0.3, 0.4) is 0 Å². The van der Waals surface area contributed by atoms with Gasteiger partial charge in [0.05, 0.1) is 11.2 Å². The number of nitrogens with one attached hydrogen (secondary N) is 1. The first-order valence-electron chi connectivity index (χ1n) is 10.3. The average Bonchev–Trinajstić information content (AvgIpc) is 2.77. The van der Waals surface area contributed by atoms with Gasteiger partial charge >= 0.3 is 6.03 Å². The Bertz CT molecular complexity index is 1350. The van der Waals surface area contributed by atoms with E-state index < -0.39 is 6.03 Å². The average molecular weight is 409 g/mol. The molecule has 1 fully saturated rings. The highest BCUT2D eigenvalue weighted by atomic mass is 16.2. The molecule has 1 aliphatic carbocycles. The molecule has 2 heterocycles. The Labute approximate surface area is 179 Å². The van der Waals surface area contributed by atoms with Crippen molar-refractivity contribution < 1.29 is 4.79 Å². The van der Waals surface area contributed by atoms with E-state index >= 15 is 0 Å². The molecule has 0 radical (unpaired) electrons. The number of pyridine rings is 2. The molecule has 1 saturated carbocycles. The molecular formula is C25H23N5O. The molecule has 5 rings (SSSR count). The minimum Gasteiger partial charge on any atom is -0.351 e. The van der Waals surface area contributed by atoms with Gasteiger partial charge in [-0.25, -0.2) is 9.78 Å². The van der Waals surface area contributed by atoms with Crippen LogP contribution in [0.4, 0.5) is 4.79 Å². The lowest BCUT2D eigenvalue weighted by Gasteiger charge is -2.38. The van der Waals surface area contributed by atoms with Crippen LogP contribution in [-0.4, -0.2) is 15.6 Å². The Hall–Kier alpha value is -3.77. The Morgan fingerprint density at radius 3 is 2.32 bits per heavy atom. The summed E-state index contributed by atoms with van der Waals surface area (Å²) in [7, 11) is 0. The van der Waals surface area contributed by atoms with Crippen molar-refractivity contribution >= 4 is 16.9 Å². The maximum absolute atomic E-state index is 11.7. The first-order chi connectivity index (χ1) is 15.0. The molecule has 6 heteroatoms. The summed E-state index contributed by atoms with van der Waals surface area (Å²) in [5.74, 6) is 0. The third kappa shape index (κ3) is 3.21. The van der Waals surface area contributed by atoms with E-state index in [1.54, 1.807) is 6.07 Å². The van der Waals surface area contributed by atoms with Crippen LogP contribution in [0.2, 0.25) is 0 Å². The van der Waals surface area contributed by atoms with E-state index in [4.69, 9.17) is 21.9 Å². The molecule has 0 aliphatic heterocycles. The van der Waals surface area contributed by atoms with E-state index in [9.17, 15) is 4.79 Å². The number of carbonyl (C=O) groups is 1. The van der Waals surface area contributed by atoms with Crippen LogP contribution in [0, 0.1) is 5.41 Å². The summed E-state index contributed by atoms with van der Waals surface area (Å²) in [6.45, 7) is 0. The SMILES string of the molecule is N=c1c2cc(-c3ccccc3)c(-c3ccc(C4(N)CCC4)cc3)nc2ccn1C(N)=O. The fraction of sp³-hybridized carbons (Fsp3) is 0.160. The summed E-state index contributed by atoms with van der Waals surface area (Å²) in [6.07, 6.45) is 4.69. The molecule has 0 saturated heterocycles. The fourth-order valence-corrected chi connectivity index (χ4v) is 4.24. The molecule has 5 N–H and O–H groups in total. The van der Waals surface area contributed by atoms with Gasteiger partial charge in [-0.05, 0) is 42.5 Å². The standard InChI is InChI=1S/C25H23N5O/c26-23-20-15-19(16-5-2-1-3-6-16)22(29-21(20)11-14-30(23)24(27)31)17-7-9-18(10-8-17)25(28)12-4-13-25/h1-3,5-11,14-15,26H,4,12-13,28H2,(H2,27,31). The van der Waals surface area contributed by atoms with Crippen LogP contribution in [0.1, 0.15) is 24.8 Å². The minimum atomic E-state index is -0.695. The zero-order valence-electron chi connectivity index (χ0n) is 17.0. The van der Waals surface area contributed by atoms with Crippen molar-refractivity contribution in [1.82, 2.24) is 9.55 Å². The molecule has 0 atom stereocenters. The van der Waals surface area contributed by atoms with Gasteiger partial charge in [0, 0.05) is 28.2 Å². The first-order valence-corrected chi connectivity index (χ1v) is 10.3. The summed E-state index contributed by atoms with van der Waals surface area (Å²) in [4.78, 5) is 16.6. The van der Waals surface area contributed by atoms with Crippen LogP contribution >= 0.6 is 0 Å². The van der Waals surface area contributed by atoms with E-state index in [-0.39, 0.29) is 11.0 Å². The highest BCUT2D eigenvalue weighted by Gasteiger charge is 2.34. The molecule has 0 bridgehead atoms. The zero-order chi connectivity index (χ0) is 21.6. The molecule has 1 amide bonds. The zero-order valence-corrected chi connectivity index (χ0v) is 17.0. The van der Waals surface area contributed by atoms with Gasteiger partial charge < -0.3 is 11.5 Å².